The molecule has 0 aliphatic carbocycles. The summed E-state index contributed by atoms with van der Waals surface area (Å²) >= 11 is 0. The minimum Gasteiger partial charge on any atom is -0.370 e. The van der Waals surface area contributed by atoms with E-state index in [-0.39, 0.29) is 24.0 Å². The second kappa shape index (κ2) is 9.46. The molecule has 3 N–H and O–H groups in total. The van der Waals surface area contributed by atoms with E-state index in [1.54, 1.807) is 0 Å². The van der Waals surface area contributed by atoms with E-state index in [1.807, 2.05) is 11.7 Å². The highest BCUT2D eigenvalue weighted by molar-refractivity contribution is 14.0. The third kappa shape index (κ3) is 5.34. The number of aliphatic imine (C=N–C) groups is 1. The Morgan fingerprint density at radius 2 is 2.17 bits per heavy atom. The zero-order valence-corrected chi connectivity index (χ0v) is 17.1. The van der Waals surface area contributed by atoms with Crippen molar-refractivity contribution < 1.29 is 0 Å². The van der Waals surface area contributed by atoms with Crippen LogP contribution in [0, 0.1) is 13.8 Å². The number of nitrogens with zero attached hydrogens (tertiary/aromatic N) is 4. The number of hydrogen-bond acceptors (Lipinski definition) is 3. The summed E-state index contributed by atoms with van der Waals surface area (Å²) in [6.45, 7) is 10.3. The van der Waals surface area contributed by atoms with Crippen molar-refractivity contribution in [3.8, 4) is 0 Å². The molecule has 1 aliphatic heterocycles. The lowest BCUT2D eigenvalue weighted by Gasteiger charge is -2.20. The molecule has 1 aromatic rings. The summed E-state index contributed by atoms with van der Waals surface area (Å²) in [6, 6.07) is 0.563. The zero-order chi connectivity index (χ0) is 16.1. The van der Waals surface area contributed by atoms with Crippen molar-refractivity contribution in [2.45, 2.75) is 46.1 Å². The molecule has 2 heterocycles. The van der Waals surface area contributed by atoms with E-state index in [9.17, 15) is 0 Å². The summed E-state index contributed by atoms with van der Waals surface area (Å²) in [7, 11) is 1.98. The Morgan fingerprint density at radius 3 is 2.78 bits per heavy atom. The molecule has 0 radical (unpaired) electrons. The molecule has 1 fully saturated rings. The molecular weight excluding hydrogens is 403 g/mol. The first-order chi connectivity index (χ1) is 10.5. The number of nitrogens with two attached hydrogens (primary N) is 1. The van der Waals surface area contributed by atoms with Crippen LogP contribution in [0.5, 0.6) is 0 Å². The van der Waals surface area contributed by atoms with Crippen LogP contribution in [-0.4, -0.2) is 52.9 Å². The van der Waals surface area contributed by atoms with Crippen molar-refractivity contribution in [2.24, 2.45) is 17.8 Å². The number of nitrogens with one attached hydrogen (secondary N) is 1. The summed E-state index contributed by atoms with van der Waals surface area (Å²) in [4.78, 5) is 6.99. The smallest absolute Gasteiger partial charge is 0.188 e. The van der Waals surface area contributed by atoms with Gasteiger partial charge in [-0.25, -0.2) is 0 Å². The average Bonchev–Trinajstić information content (AvgIpc) is 3.04. The number of aromatic nitrogens is 2. The predicted molar refractivity (Wildman–Crippen MR) is 107 cm³/mol. The highest BCUT2D eigenvalue weighted by Crippen LogP contribution is 2.16. The second-order valence-corrected chi connectivity index (χ2v) is 6.10. The summed E-state index contributed by atoms with van der Waals surface area (Å²) in [5, 5.41) is 7.66. The molecule has 23 heavy (non-hydrogen) atoms. The number of aryl methyl sites for hydroxylation is 2. The molecule has 0 spiro atoms. The Hall–Kier alpha value is -0.830. The van der Waals surface area contributed by atoms with Gasteiger partial charge in [-0.1, -0.05) is 6.92 Å². The molecule has 1 aliphatic rings. The Bertz CT molecular complexity index is 525. The Morgan fingerprint density at radius 1 is 1.43 bits per heavy atom. The Kier molecular flexibility index (Phi) is 8.32. The molecule has 1 unspecified atom stereocenters. The quantitative estimate of drug-likeness (QED) is 0.405. The molecule has 1 saturated heterocycles. The lowest BCUT2D eigenvalue weighted by molar-refractivity contribution is 0.273. The average molecular weight is 434 g/mol. The Balaban J connectivity index is 0.00000264. The molecule has 132 valence electrons. The van der Waals surface area contributed by atoms with Gasteiger partial charge in [-0.2, -0.15) is 5.10 Å². The summed E-state index contributed by atoms with van der Waals surface area (Å²) in [5.41, 5.74) is 9.61. The number of likely N-dealkylation sites (N-methyl/N-ethyl adjacent to an activating group) is 1. The van der Waals surface area contributed by atoms with Crippen molar-refractivity contribution in [3.05, 3.63) is 17.0 Å². The Labute approximate surface area is 156 Å². The van der Waals surface area contributed by atoms with Gasteiger partial charge < -0.3 is 11.1 Å². The maximum Gasteiger partial charge on any atom is 0.188 e. The standard InChI is InChI=1S/C16H30N6.HI/c1-5-22-10-6-7-14(22)11-19-16(17)18-9-8-15-12(2)20-21(4)13(15)3;/h14H,5-11H2,1-4H3,(H3,17,18,19);1H. The third-order valence-corrected chi connectivity index (χ3v) is 4.72. The number of hydrogen-bond donors (Lipinski definition) is 2. The molecule has 1 aromatic heterocycles. The third-order valence-electron chi connectivity index (χ3n) is 4.72. The number of likely N-dealkylation sites (tertiary alicyclic amines) is 1. The molecule has 2 rings (SSSR count). The SMILES string of the molecule is CCN1CCCC1CN=C(N)NCCc1c(C)nn(C)c1C.I. The first-order valence-electron chi connectivity index (χ1n) is 8.29. The van der Waals surface area contributed by atoms with Gasteiger partial charge in [-0.15, -0.1) is 24.0 Å². The molecular formula is C16H31IN6. The minimum absolute atomic E-state index is 0. The first-order valence-corrected chi connectivity index (χ1v) is 8.29. The van der Waals surface area contributed by atoms with Crippen molar-refractivity contribution in [1.82, 2.24) is 20.0 Å². The summed E-state index contributed by atoms with van der Waals surface area (Å²) < 4.78 is 1.93. The monoisotopic (exact) mass is 434 g/mol. The van der Waals surface area contributed by atoms with Gasteiger partial charge in [0.25, 0.3) is 0 Å². The molecule has 7 heteroatoms. The highest BCUT2D eigenvalue weighted by atomic mass is 127. The van der Waals surface area contributed by atoms with Crippen molar-refractivity contribution in [1.29, 1.82) is 0 Å². The van der Waals surface area contributed by atoms with Gasteiger partial charge in [0, 0.05) is 25.3 Å². The van der Waals surface area contributed by atoms with Crippen LogP contribution in [0.4, 0.5) is 0 Å². The fourth-order valence-corrected chi connectivity index (χ4v) is 3.27. The largest absolute Gasteiger partial charge is 0.370 e. The zero-order valence-electron chi connectivity index (χ0n) is 14.8. The molecule has 0 saturated carbocycles. The first kappa shape index (κ1) is 20.2. The van der Waals surface area contributed by atoms with E-state index in [4.69, 9.17) is 5.73 Å². The van der Waals surface area contributed by atoms with Crippen LogP contribution in [0.25, 0.3) is 0 Å². The summed E-state index contributed by atoms with van der Waals surface area (Å²) in [6.07, 6.45) is 3.44. The van der Waals surface area contributed by atoms with E-state index in [0.717, 1.165) is 31.7 Å². The van der Waals surface area contributed by atoms with Crippen molar-refractivity contribution >= 4 is 29.9 Å². The topological polar surface area (TPSA) is 71.5 Å². The van der Waals surface area contributed by atoms with Crippen LogP contribution in [-0.2, 0) is 13.5 Å². The van der Waals surface area contributed by atoms with Crippen LogP contribution in [0.3, 0.4) is 0 Å². The second-order valence-electron chi connectivity index (χ2n) is 6.10. The van der Waals surface area contributed by atoms with Crippen LogP contribution in [0.1, 0.15) is 36.7 Å². The van der Waals surface area contributed by atoms with Gasteiger partial charge in [0.1, 0.15) is 0 Å². The fourth-order valence-electron chi connectivity index (χ4n) is 3.27. The van der Waals surface area contributed by atoms with Gasteiger partial charge in [0.15, 0.2) is 5.96 Å². The maximum atomic E-state index is 5.98. The lowest BCUT2D eigenvalue weighted by Crippen LogP contribution is -2.36. The van der Waals surface area contributed by atoms with E-state index >= 15 is 0 Å². The summed E-state index contributed by atoms with van der Waals surface area (Å²) in [5.74, 6) is 0.558. The fraction of sp³-hybridized carbons (Fsp3) is 0.750. The molecule has 0 amide bonds. The van der Waals surface area contributed by atoms with Crippen LogP contribution < -0.4 is 11.1 Å². The van der Waals surface area contributed by atoms with Crippen molar-refractivity contribution in [2.75, 3.05) is 26.2 Å². The maximum absolute atomic E-state index is 5.98. The molecule has 1 atom stereocenters. The van der Waals surface area contributed by atoms with Gasteiger partial charge in [-0.05, 0) is 51.8 Å². The van der Waals surface area contributed by atoms with E-state index in [0.29, 0.717) is 12.0 Å². The number of rotatable bonds is 6. The van der Waals surface area contributed by atoms with Crippen LogP contribution in [0.2, 0.25) is 0 Å². The van der Waals surface area contributed by atoms with E-state index in [1.165, 1.54) is 30.6 Å². The van der Waals surface area contributed by atoms with Gasteiger partial charge >= 0.3 is 0 Å². The van der Waals surface area contributed by atoms with Gasteiger partial charge in [-0.3, -0.25) is 14.6 Å². The molecule has 0 aromatic carbocycles. The van der Waals surface area contributed by atoms with E-state index < -0.39 is 0 Å². The predicted octanol–water partition coefficient (Wildman–Crippen LogP) is 1.59. The van der Waals surface area contributed by atoms with Gasteiger partial charge in [0.05, 0.1) is 12.2 Å². The molecule has 0 bridgehead atoms. The van der Waals surface area contributed by atoms with E-state index in [2.05, 4.69) is 41.1 Å². The van der Waals surface area contributed by atoms with Crippen molar-refractivity contribution in [3.63, 3.8) is 0 Å². The minimum atomic E-state index is 0. The van der Waals surface area contributed by atoms with Crippen LogP contribution >= 0.6 is 24.0 Å². The van der Waals surface area contributed by atoms with Crippen LogP contribution in [0.15, 0.2) is 4.99 Å². The van der Waals surface area contributed by atoms with Gasteiger partial charge in [0.2, 0.25) is 0 Å². The lowest BCUT2D eigenvalue weighted by atomic mass is 10.1. The molecule has 6 nitrogen and oxygen atoms in total. The normalized spacial score (nSPS) is 19.0. The number of guanidine groups is 1. The highest BCUT2D eigenvalue weighted by Gasteiger charge is 2.22. The number of halogens is 1.